The SMILES string of the molecule is C=C1C2C[C@@H]3O[C@H](C[C@H](O)CO)[C@H](OC)C3CC(=O)CC3CC[C@@H]4O[C@@H]5[C@H]6OC7C[C@](CC[C@H]8CC(=C)[C@H](CC[C@@H](C[C@H]1C)O2)O8)(O[C@H]6[C@H]4O3)O[C@@H]75. The number of aliphatic hydroxyl groups is 2. The van der Waals surface area contributed by atoms with Gasteiger partial charge in [-0.1, -0.05) is 20.1 Å². The number of ketones is 1. The second-order valence-electron chi connectivity index (χ2n) is 17.4. The Balaban J connectivity index is 0.994. The Kier molecular flexibility index (Phi) is 10.0. The van der Waals surface area contributed by atoms with Crippen molar-refractivity contribution >= 4 is 5.78 Å². The molecule has 52 heavy (non-hydrogen) atoms. The Labute approximate surface area is 306 Å². The molecule has 290 valence electrons. The lowest BCUT2D eigenvalue weighted by Gasteiger charge is -2.47. The van der Waals surface area contributed by atoms with Crippen molar-refractivity contribution in [1.82, 2.24) is 0 Å². The van der Waals surface area contributed by atoms with Gasteiger partial charge in [-0.15, -0.1) is 0 Å². The van der Waals surface area contributed by atoms with Crippen LogP contribution >= 0.6 is 0 Å². The van der Waals surface area contributed by atoms with Gasteiger partial charge in [0.1, 0.15) is 36.3 Å². The molecule has 0 aromatic heterocycles. The van der Waals surface area contributed by atoms with Crippen molar-refractivity contribution in [2.24, 2.45) is 11.8 Å². The Bertz CT molecular complexity index is 1370. The average Bonchev–Trinajstić information content (AvgIpc) is 3.79. The Hall–Kier alpha value is -1.29. The second kappa shape index (κ2) is 14.3. The minimum absolute atomic E-state index is 0.0260. The highest BCUT2D eigenvalue weighted by Crippen LogP contribution is 2.54. The summed E-state index contributed by atoms with van der Waals surface area (Å²) < 4.78 is 59.8. The fourth-order valence-electron chi connectivity index (χ4n) is 11.3. The number of ether oxygens (including phenoxy) is 9. The van der Waals surface area contributed by atoms with Crippen LogP contribution in [0.3, 0.4) is 0 Å². The molecule has 0 aromatic carbocycles. The first-order valence-electron chi connectivity index (χ1n) is 20.1. The standard InChI is InChI=1S/C40H58O12/c1-19-11-24-5-7-28-20(2)12-26(45-28)9-10-40-17-33-36(51-40)37-38(50-33)39(52-40)35-29(49-37)8-6-25(47-35)13-22(42)14-27-31(16-30(46-24)21(19)3)48-32(34(27)44-4)15-23(43)18-41/h19,23-39,41,43H,2-3,5-18H2,1,4H3/t19-,23+,24+,25?,26+,27?,28+,29+,30?,31+,32-,33?,34-,35+,36+,37+,38-,39+,40+/m1/s1. The number of methoxy groups -OCH3 is 1. The minimum Gasteiger partial charge on any atom is -0.394 e. The summed E-state index contributed by atoms with van der Waals surface area (Å²) in [5.74, 6) is -0.709. The number of hydrogen-bond acceptors (Lipinski definition) is 12. The quantitative estimate of drug-likeness (QED) is 0.410. The number of carbonyl (C=O) groups excluding carboxylic acids is 1. The minimum atomic E-state index is -0.951. The molecule has 12 bridgehead atoms. The van der Waals surface area contributed by atoms with Gasteiger partial charge in [0, 0.05) is 51.6 Å². The molecule has 0 saturated carbocycles. The number of hydrogen-bond donors (Lipinski definition) is 2. The molecular formula is C40H58O12. The summed E-state index contributed by atoms with van der Waals surface area (Å²) in [6, 6.07) is 0. The molecule has 12 heteroatoms. The van der Waals surface area contributed by atoms with E-state index in [1.807, 2.05) is 0 Å². The molecule has 10 aliphatic rings. The molecule has 0 aromatic rings. The van der Waals surface area contributed by atoms with Gasteiger partial charge in [-0.3, -0.25) is 4.79 Å². The number of carbonyl (C=O) groups is 1. The van der Waals surface area contributed by atoms with Crippen molar-refractivity contribution in [3.8, 4) is 0 Å². The van der Waals surface area contributed by atoms with Crippen molar-refractivity contribution in [3.05, 3.63) is 24.3 Å². The third kappa shape index (κ3) is 6.59. The van der Waals surface area contributed by atoms with Gasteiger partial charge in [0.15, 0.2) is 5.79 Å². The van der Waals surface area contributed by atoms with Crippen molar-refractivity contribution in [3.63, 3.8) is 0 Å². The van der Waals surface area contributed by atoms with Gasteiger partial charge in [0.2, 0.25) is 0 Å². The molecule has 4 unspecified atom stereocenters. The van der Waals surface area contributed by atoms with E-state index in [0.29, 0.717) is 25.7 Å². The molecule has 2 N–H and O–H groups in total. The number of Topliss-reactive ketones (excluding diaryl/α,β-unsaturated/α-hetero) is 1. The molecular weight excluding hydrogens is 672 g/mol. The fraction of sp³-hybridized carbons (Fsp3) is 0.875. The number of fused-ring (bicyclic) bond motifs is 6. The van der Waals surface area contributed by atoms with Crippen LogP contribution in [0.4, 0.5) is 0 Å². The molecule has 19 atom stereocenters. The predicted octanol–water partition coefficient (Wildman–Crippen LogP) is 3.47. The number of aliphatic hydroxyl groups excluding tert-OH is 2. The first-order chi connectivity index (χ1) is 25.1. The van der Waals surface area contributed by atoms with Crippen LogP contribution in [0, 0.1) is 11.8 Å². The van der Waals surface area contributed by atoms with E-state index in [2.05, 4.69) is 20.1 Å². The summed E-state index contributed by atoms with van der Waals surface area (Å²) in [6.07, 6.45) is 4.01. The van der Waals surface area contributed by atoms with Gasteiger partial charge in [-0.2, -0.15) is 0 Å². The first-order valence-corrected chi connectivity index (χ1v) is 20.1. The number of rotatable bonds is 4. The van der Waals surface area contributed by atoms with Crippen molar-refractivity contribution in [2.75, 3.05) is 13.7 Å². The fourth-order valence-corrected chi connectivity index (χ4v) is 11.3. The van der Waals surface area contributed by atoms with Gasteiger partial charge in [-0.25, -0.2) is 0 Å². The van der Waals surface area contributed by atoms with Crippen LogP contribution in [0.1, 0.15) is 90.4 Å². The van der Waals surface area contributed by atoms with E-state index in [0.717, 1.165) is 49.7 Å². The van der Waals surface area contributed by atoms with Crippen LogP contribution in [0.2, 0.25) is 0 Å². The van der Waals surface area contributed by atoms with Crippen LogP contribution < -0.4 is 0 Å². The zero-order chi connectivity index (χ0) is 35.9. The van der Waals surface area contributed by atoms with Crippen molar-refractivity contribution in [1.29, 1.82) is 0 Å². The maximum atomic E-state index is 14.0. The molecule has 1 spiro atoms. The summed E-state index contributed by atoms with van der Waals surface area (Å²) in [5, 5.41) is 20.1. The lowest BCUT2D eigenvalue weighted by Crippen LogP contribution is -2.61. The van der Waals surface area contributed by atoms with Crippen molar-refractivity contribution < 1.29 is 57.6 Å². The van der Waals surface area contributed by atoms with Gasteiger partial charge in [-0.05, 0) is 62.0 Å². The topological polar surface area (TPSA) is 141 Å². The first kappa shape index (κ1) is 36.4. The van der Waals surface area contributed by atoms with Crippen LogP contribution in [-0.4, -0.2) is 133 Å². The van der Waals surface area contributed by atoms with Crippen LogP contribution in [0.5, 0.6) is 0 Å². The summed E-state index contributed by atoms with van der Waals surface area (Å²) in [5.41, 5.74) is 2.17. The molecule has 12 nitrogen and oxygen atoms in total. The Morgan fingerprint density at radius 3 is 2.37 bits per heavy atom. The third-order valence-electron chi connectivity index (χ3n) is 13.9. The summed E-state index contributed by atoms with van der Waals surface area (Å²) in [7, 11) is 1.63. The Morgan fingerprint density at radius 1 is 0.788 bits per heavy atom. The largest absolute Gasteiger partial charge is 0.394 e. The molecule has 10 heterocycles. The smallest absolute Gasteiger partial charge is 0.172 e. The molecule has 0 aliphatic carbocycles. The lowest BCUT2D eigenvalue weighted by molar-refractivity contribution is -0.292. The zero-order valence-electron chi connectivity index (χ0n) is 30.7. The highest BCUT2D eigenvalue weighted by atomic mass is 16.8. The van der Waals surface area contributed by atoms with Gasteiger partial charge < -0.3 is 52.8 Å². The van der Waals surface area contributed by atoms with E-state index in [9.17, 15) is 15.0 Å². The second-order valence-corrected chi connectivity index (χ2v) is 17.4. The molecule has 0 amide bonds. The predicted molar refractivity (Wildman–Crippen MR) is 184 cm³/mol. The lowest BCUT2D eigenvalue weighted by atomic mass is 9.81. The summed E-state index contributed by atoms with van der Waals surface area (Å²) in [6.45, 7) is 10.7. The molecule has 10 saturated heterocycles. The van der Waals surface area contributed by atoms with E-state index in [1.165, 1.54) is 0 Å². The van der Waals surface area contributed by atoms with E-state index in [1.54, 1.807) is 7.11 Å². The van der Waals surface area contributed by atoms with E-state index in [4.69, 9.17) is 42.6 Å². The highest BCUT2D eigenvalue weighted by molar-refractivity contribution is 5.79. The Morgan fingerprint density at radius 2 is 1.54 bits per heavy atom. The monoisotopic (exact) mass is 730 g/mol. The molecule has 10 rings (SSSR count). The average molecular weight is 731 g/mol. The zero-order valence-corrected chi connectivity index (χ0v) is 30.7. The van der Waals surface area contributed by atoms with Gasteiger partial charge >= 0.3 is 0 Å². The summed E-state index contributed by atoms with van der Waals surface area (Å²) >= 11 is 0. The summed E-state index contributed by atoms with van der Waals surface area (Å²) in [4.78, 5) is 14.0. The van der Waals surface area contributed by atoms with Crippen LogP contribution in [0.15, 0.2) is 24.3 Å². The van der Waals surface area contributed by atoms with Gasteiger partial charge in [0.25, 0.3) is 0 Å². The maximum Gasteiger partial charge on any atom is 0.172 e. The molecule has 10 fully saturated rings. The maximum absolute atomic E-state index is 14.0. The van der Waals surface area contributed by atoms with E-state index < -0.39 is 24.1 Å². The van der Waals surface area contributed by atoms with E-state index >= 15 is 0 Å². The third-order valence-corrected chi connectivity index (χ3v) is 13.9. The van der Waals surface area contributed by atoms with Crippen molar-refractivity contribution in [2.45, 2.75) is 194 Å². The normalized spacial score (nSPS) is 52.4. The van der Waals surface area contributed by atoms with Crippen LogP contribution in [-0.2, 0) is 47.4 Å². The van der Waals surface area contributed by atoms with Gasteiger partial charge in [0.05, 0.1) is 73.8 Å². The van der Waals surface area contributed by atoms with Crippen LogP contribution in [0.25, 0.3) is 0 Å². The molecule has 10 aliphatic heterocycles. The molecule has 0 radical (unpaired) electrons. The highest BCUT2D eigenvalue weighted by Gasteiger charge is 2.68. The van der Waals surface area contributed by atoms with E-state index in [-0.39, 0.29) is 123 Å².